The van der Waals surface area contributed by atoms with Crippen LogP contribution in [0.15, 0.2) is 28.1 Å². The Morgan fingerprint density at radius 2 is 1.81 bits per heavy atom. The lowest BCUT2D eigenvalue weighted by atomic mass is 10.2. The van der Waals surface area contributed by atoms with Gasteiger partial charge in [0.2, 0.25) is 0 Å². The predicted octanol–water partition coefficient (Wildman–Crippen LogP) is 3.31. The fraction of sp³-hybridized carbons (Fsp3) is 0.474. The number of amidine groups is 1. The largest absolute Gasteiger partial charge is 0.507 e. The highest BCUT2D eigenvalue weighted by atomic mass is 32.2. The molecule has 2 saturated heterocycles. The minimum absolute atomic E-state index is 0.180. The Hall–Kier alpha value is -1.86. The van der Waals surface area contributed by atoms with Gasteiger partial charge in [0.25, 0.3) is 5.91 Å². The Kier molecular flexibility index (Phi) is 6.32. The van der Waals surface area contributed by atoms with E-state index >= 15 is 0 Å². The number of thioether (sulfide) groups is 1. The molecular formula is C19H24FN3O2S. The van der Waals surface area contributed by atoms with Gasteiger partial charge in [0.1, 0.15) is 11.6 Å². The summed E-state index contributed by atoms with van der Waals surface area (Å²) in [6.45, 7) is 4.49. The molecule has 0 aliphatic carbocycles. The lowest BCUT2D eigenvalue weighted by Crippen LogP contribution is -2.23. The van der Waals surface area contributed by atoms with Gasteiger partial charge in [0.15, 0.2) is 5.17 Å². The fourth-order valence-corrected chi connectivity index (χ4v) is 4.05. The second-order valence-electron chi connectivity index (χ2n) is 6.72. The van der Waals surface area contributed by atoms with E-state index in [0.29, 0.717) is 10.5 Å². The third kappa shape index (κ3) is 4.86. The molecular weight excluding hydrogens is 353 g/mol. The van der Waals surface area contributed by atoms with Gasteiger partial charge < -0.3 is 14.9 Å². The Morgan fingerprint density at radius 1 is 1.15 bits per heavy atom. The van der Waals surface area contributed by atoms with Crippen LogP contribution in [-0.4, -0.2) is 59.2 Å². The van der Waals surface area contributed by atoms with Crippen molar-refractivity contribution in [3.63, 3.8) is 0 Å². The highest BCUT2D eigenvalue weighted by Gasteiger charge is 2.27. The third-order valence-corrected chi connectivity index (χ3v) is 5.64. The second-order valence-corrected chi connectivity index (χ2v) is 7.73. The predicted molar refractivity (Wildman–Crippen MR) is 104 cm³/mol. The maximum Gasteiger partial charge on any atom is 0.286 e. The maximum absolute atomic E-state index is 12.9. The minimum Gasteiger partial charge on any atom is -0.507 e. The van der Waals surface area contributed by atoms with Gasteiger partial charge in [0.05, 0.1) is 4.91 Å². The number of benzene rings is 1. The molecule has 1 amide bonds. The summed E-state index contributed by atoms with van der Waals surface area (Å²) in [5.74, 6) is -0.995. The lowest BCUT2D eigenvalue weighted by Gasteiger charge is -2.14. The molecule has 1 aromatic carbocycles. The molecule has 0 bridgehead atoms. The molecule has 1 N–H and O–H groups in total. The van der Waals surface area contributed by atoms with Crippen LogP contribution in [0.2, 0.25) is 0 Å². The number of halogens is 1. The van der Waals surface area contributed by atoms with Crippen LogP contribution >= 0.6 is 11.8 Å². The molecule has 140 valence electrons. The van der Waals surface area contributed by atoms with Crippen molar-refractivity contribution >= 4 is 28.9 Å². The molecule has 1 aromatic rings. The molecule has 3 heterocycles. The van der Waals surface area contributed by atoms with Crippen molar-refractivity contribution in [2.24, 2.45) is 4.99 Å². The van der Waals surface area contributed by atoms with Crippen LogP contribution in [-0.2, 0) is 4.79 Å². The normalized spacial score (nSPS) is 21.9. The smallest absolute Gasteiger partial charge is 0.286 e. The van der Waals surface area contributed by atoms with E-state index in [4.69, 9.17) is 0 Å². The molecule has 4 rings (SSSR count). The summed E-state index contributed by atoms with van der Waals surface area (Å²) in [6.07, 6.45) is 6.61. The number of carbonyl (C=O) groups is 1. The van der Waals surface area contributed by atoms with Crippen LogP contribution in [0.1, 0.15) is 31.2 Å². The number of aromatic hydroxyl groups is 1. The van der Waals surface area contributed by atoms with E-state index in [0.717, 1.165) is 37.2 Å². The van der Waals surface area contributed by atoms with E-state index in [2.05, 4.69) is 21.8 Å². The van der Waals surface area contributed by atoms with Gasteiger partial charge >= 0.3 is 0 Å². The number of phenols is 1. The van der Waals surface area contributed by atoms with Crippen molar-refractivity contribution in [1.29, 1.82) is 0 Å². The highest BCUT2D eigenvalue weighted by molar-refractivity contribution is 8.18. The number of likely N-dealkylation sites (tertiary alicyclic amines) is 2. The molecule has 0 radical (unpaired) electrons. The summed E-state index contributed by atoms with van der Waals surface area (Å²) in [5.41, 5.74) is 0.417. The molecule has 2 fully saturated rings. The van der Waals surface area contributed by atoms with Crippen molar-refractivity contribution in [1.82, 2.24) is 9.80 Å². The molecule has 0 spiro atoms. The Labute approximate surface area is 157 Å². The molecule has 3 aliphatic rings. The molecule has 0 saturated carbocycles. The summed E-state index contributed by atoms with van der Waals surface area (Å²) in [7, 11) is 2.17. The molecule has 3 aliphatic heterocycles. The summed E-state index contributed by atoms with van der Waals surface area (Å²) in [5, 5.41) is 10.4. The molecule has 5 nitrogen and oxygen atoms in total. The number of rotatable bonds is 1. The Bertz CT molecular complexity index is 723. The van der Waals surface area contributed by atoms with Gasteiger partial charge in [-0.2, -0.15) is 4.99 Å². The van der Waals surface area contributed by atoms with Crippen molar-refractivity contribution in [2.45, 2.75) is 25.7 Å². The van der Waals surface area contributed by atoms with Crippen LogP contribution in [0.5, 0.6) is 5.75 Å². The van der Waals surface area contributed by atoms with Crippen LogP contribution in [0.3, 0.4) is 0 Å². The summed E-state index contributed by atoms with van der Waals surface area (Å²) < 4.78 is 12.9. The highest BCUT2D eigenvalue weighted by Crippen LogP contribution is 2.33. The first kappa shape index (κ1) is 18.9. The van der Waals surface area contributed by atoms with Crippen LogP contribution in [0.25, 0.3) is 6.08 Å². The fourth-order valence-electron chi connectivity index (χ4n) is 3.10. The number of nitrogens with zero attached hydrogens (tertiary/aromatic N) is 3. The van der Waals surface area contributed by atoms with Crippen molar-refractivity contribution in [3.05, 3.63) is 34.5 Å². The van der Waals surface area contributed by atoms with E-state index in [9.17, 15) is 14.3 Å². The first-order valence-electron chi connectivity index (χ1n) is 8.97. The molecule has 7 heteroatoms. The quantitative estimate of drug-likeness (QED) is 0.761. The van der Waals surface area contributed by atoms with E-state index in [-0.39, 0.29) is 11.7 Å². The van der Waals surface area contributed by atoms with Gasteiger partial charge in [-0.3, -0.25) is 4.79 Å². The number of hydrogen-bond donors (Lipinski definition) is 1. The zero-order valence-electron chi connectivity index (χ0n) is 14.9. The zero-order valence-corrected chi connectivity index (χ0v) is 15.8. The van der Waals surface area contributed by atoms with Crippen LogP contribution < -0.4 is 0 Å². The minimum atomic E-state index is -0.510. The Morgan fingerprint density at radius 3 is 2.38 bits per heavy atom. The third-order valence-electron chi connectivity index (χ3n) is 4.59. The summed E-state index contributed by atoms with van der Waals surface area (Å²) in [6, 6.07) is 3.72. The second kappa shape index (κ2) is 8.68. The van der Waals surface area contributed by atoms with Crippen molar-refractivity contribution in [2.75, 3.05) is 33.2 Å². The number of phenolic OH excluding ortho intramolecular Hbond substituents is 1. The average molecular weight is 377 g/mol. The molecule has 0 unspecified atom stereocenters. The van der Waals surface area contributed by atoms with Gasteiger partial charge in [0, 0.05) is 24.7 Å². The van der Waals surface area contributed by atoms with Gasteiger partial charge in [-0.05, 0) is 75.8 Å². The Balaban J connectivity index is 0.000000278. The number of carbonyl (C=O) groups excluding carboxylic acids is 1. The number of aliphatic imine (C=N–C) groups is 1. The van der Waals surface area contributed by atoms with Gasteiger partial charge in [-0.25, -0.2) is 4.39 Å². The van der Waals surface area contributed by atoms with E-state index in [1.54, 1.807) is 6.08 Å². The number of amides is 1. The van der Waals surface area contributed by atoms with Crippen LogP contribution in [0, 0.1) is 5.82 Å². The van der Waals surface area contributed by atoms with Gasteiger partial charge in [-0.1, -0.05) is 0 Å². The van der Waals surface area contributed by atoms with Crippen molar-refractivity contribution < 1.29 is 14.3 Å². The topological polar surface area (TPSA) is 56.1 Å². The average Bonchev–Trinajstić information content (AvgIpc) is 3.34. The van der Waals surface area contributed by atoms with Crippen molar-refractivity contribution in [3.8, 4) is 5.75 Å². The molecule has 0 aromatic heterocycles. The number of hydrogen-bond acceptors (Lipinski definition) is 5. The first-order valence-corrected chi connectivity index (χ1v) is 9.79. The molecule has 26 heavy (non-hydrogen) atoms. The summed E-state index contributed by atoms with van der Waals surface area (Å²) >= 11 is 1.31. The SMILES string of the molecule is CN1CCCC1.O=C1N=C(N2CCCC2)S/C1=C\c1ccc(F)cc1O. The van der Waals surface area contributed by atoms with E-state index < -0.39 is 5.82 Å². The monoisotopic (exact) mass is 377 g/mol. The maximum atomic E-state index is 12.9. The lowest BCUT2D eigenvalue weighted by molar-refractivity contribution is -0.113. The van der Waals surface area contributed by atoms with Gasteiger partial charge in [-0.15, -0.1) is 0 Å². The van der Waals surface area contributed by atoms with E-state index in [1.807, 2.05) is 0 Å². The first-order chi connectivity index (χ1) is 12.5. The van der Waals surface area contributed by atoms with Crippen LogP contribution in [0.4, 0.5) is 4.39 Å². The van der Waals surface area contributed by atoms with E-state index in [1.165, 1.54) is 49.8 Å². The summed E-state index contributed by atoms with van der Waals surface area (Å²) in [4.78, 5) is 20.8. The molecule has 0 atom stereocenters. The zero-order chi connectivity index (χ0) is 18.5. The standard InChI is InChI=1S/C14H13FN2O2S.C5H11N/c15-10-4-3-9(11(18)8-10)7-12-13(19)16-14(20-12)17-5-1-2-6-17;1-6-4-2-3-5-6/h3-4,7-8,18H,1-2,5-6H2;2-5H2,1H3/b12-7-;.